The lowest BCUT2D eigenvalue weighted by Crippen LogP contribution is -2.44. The fourth-order valence-corrected chi connectivity index (χ4v) is 5.51. The van der Waals surface area contributed by atoms with Gasteiger partial charge in [0, 0.05) is 31.6 Å². The Bertz CT molecular complexity index is 1200. The molecular formula is C27H32N2O6. The Hall–Kier alpha value is -3.39. The molecule has 0 unspecified atom stereocenters. The number of para-hydroxylation sites is 1. The molecule has 2 aromatic carbocycles. The maximum atomic E-state index is 13.2. The number of furan rings is 1. The molecule has 3 aromatic rings. The summed E-state index contributed by atoms with van der Waals surface area (Å²) in [7, 11) is 4.68. The molecule has 35 heavy (non-hydrogen) atoms. The Labute approximate surface area is 205 Å². The highest BCUT2D eigenvalue weighted by Gasteiger charge is 2.41. The first-order valence-corrected chi connectivity index (χ1v) is 12.0. The van der Waals surface area contributed by atoms with E-state index in [-0.39, 0.29) is 17.1 Å². The maximum Gasteiger partial charge on any atom is 0.289 e. The highest BCUT2D eigenvalue weighted by atomic mass is 16.5. The Balaban J connectivity index is 1.22. The van der Waals surface area contributed by atoms with E-state index in [1.807, 2.05) is 41.3 Å². The van der Waals surface area contributed by atoms with E-state index in [1.165, 1.54) is 0 Å². The Kier molecular flexibility index (Phi) is 6.23. The predicted octanol–water partition coefficient (Wildman–Crippen LogP) is 4.29. The number of benzene rings is 2. The summed E-state index contributed by atoms with van der Waals surface area (Å²) in [6, 6.07) is 11.2. The van der Waals surface area contributed by atoms with Crippen LogP contribution < -0.4 is 14.2 Å². The molecule has 186 valence electrons. The van der Waals surface area contributed by atoms with E-state index in [1.54, 1.807) is 21.3 Å². The van der Waals surface area contributed by atoms with Crippen LogP contribution in [0.4, 0.5) is 0 Å². The van der Waals surface area contributed by atoms with E-state index < -0.39 is 0 Å². The van der Waals surface area contributed by atoms with Crippen molar-refractivity contribution in [1.82, 2.24) is 9.80 Å². The number of carbonyl (C=O) groups is 1. The molecule has 8 heteroatoms. The molecule has 1 amide bonds. The zero-order valence-corrected chi connectivity index (χ0v) is 20.5. The van der Waals surface area contributed by atoms with E-state index in [0.29, 0.717) is 28.6 Å². The van der Waals surface area contributed by atoms with Crippen LogP contribution in [0.2, 0.25) is 0 Å². The number of rotatable bonds is 6. The van der Waals surface area contributed by atoms with Gasteiger partial charge in [0.25, 0.3) is 5.91 Å². The van der Waals surface area contributed by atoms with Crippen molar-refractivity contribution in [3.8, 4) is 23.0 Å². The van der Waals surface area contributed by atoms with Gasteiger partial charge in [-0.1, -0.05) is 12.1 Å². The Morgan fingerprint density at radius 1 is 0.971 bits per heavy atom. The normalized spacial score (nSPS) is 17.7. The molecule has 8 nitrogen and oxygen atoms in total. The first-order valence-electron chi connectivity index (χ1n) is 12.0. The van der Waals surface area contributed by atoms with Crippen molar-refractivity contribution in [3.63, 3.8) is 0 Å². The van der Waals surface area contributed by atoms with E-state index in [0.717, 1.165) is 62.9 Å². The van der Waals surface area contributed by atoms with Gasteiger partial charge < -0.3 is 28.6 Å². The molecule has 1 spiro atoms. The van der Waals surface area contributed by atoms with Gasteiger partial charge in [0.15, 0.2) is 28.6 Å². The number of piperidine rings is 1. The van der Waals surface area contributed by atoms with Crippen LogP contribution in [0.1, 0.15) is 35.4 Å². The molecule has 1 N–H and O–H groups in total. The van der Waals surface area contributed by atoms with Crippen molar-refractivity contribution in [1.29, 1.82) is 0 Å². The van der Waals surface area contributed by atoms with Crippen LogP contribution in [0.5, 0.6) is 23.0 Å². The molecule has 2 aliphatic heterocycles. The van der Waals surface area contributed by atoms with Gasteiger partial charge in [0.1, 0.15) is 0 Å². The van der Waals surface area contributed by atoms with E-state index in [2.05, 4.69) is 4.90 Å². The lowest BCUT2D eigenvalue weighted by Gasteiger charge is -2.39. The van der Waals surface area contributed by atoms with Crippen LogP contribution in [0.3, 0.4) is 0 Å². The number of nitrogens with zero attached hydrogens (tertiary/aromatic N) is 2. The summed E-state index contributed by atoms with van der Waals surface area (Å²) in [4.78, 5) is 17.5. The molecule has 1 aromatic heterocycles. The minimum Gasteiger partial charge on any atom is -0.502 e. The Morgan fingerprint density at radius 2 is 1.63 bits per heavy atom. The molecule has 5 rings (SSSR count). The van der Waals surface area contributed by atoms with Crippen LogP contribution in [-0.4, -0.2) is 68.3 Å². The van der Waals surface area contributed by atoms with Crippen LogP contribution in [-0.2, 0) is 6.54 Å². The highest BCUT2D eigenvalue weighted by molar-refractivity contribution is 5.97. The van der Waals surface area contributed by atoms with E-state index in [4.69, 9.17) is 18.6 Å². The molecule has 0 aliphatic carbocycles. The van der Waals surface area contributed by atoms with Crippen LogP contribution in [0, 0.1) is 5.41 Å². The molecule has 0 bridgehead atoms. The van der Waals surface area contributed by atoms with E-state index in [9.17, 15) is 9.90 Å². The summed E-state index contributed by atoms with van der Waals surface area (Å²) in [5.41, 5.74) is 1.88. The molecule has 0 radical (unpaired) electrons. The summed E-state index contributed by atoms with van der Waals surface area (Å²) in [6.45, 7) is 4.20. The zero-order chi connectivity index (χ0) is 24.6. The number of likely N-dealkylation sites (tertiary alicyclic amines) is 2. The van der Waals surface area contributed by atoms with Gasteiger partial charge in [0.05, 0.1) is 21.3 Å². The topological polar surface area (TPSA) is 84.6 Å². The van der Waals surface area contributed by atoms with Gasteiger partial charge in [-0.2, -0.15) is 0 Å². The van der Waals surface area contributed by atoms with E-state index >= 15 is 0 Å². The average Bonchev–Trinajstić information content (AvgIpc) is 3.49. The fraction of sp³-hybridized carbons (Fsp3) is 0.444. The molecule has 0 saturated carbocycles. The fourth-order valence-electron chi connectivity index (χ4n) is 5.51. The number of aromatic hydroxyl groups is 1. The SMILES string of the molecule is COc1cc(CN2CCC3(CCN(C(=O)c4cc5cccc(OC)c5o4)CC3)C2)cc(OC)c1O. The number of hydrogen-bond donors (Lipinski definition) is 1. The minimum absolute atomic E-state index is 0.0246. The third-order valence-corrected chi connectivity index (χ3v) is 7.51. The summed E-state index contributed by atoms with van der Waals surface area (Å²) < 4.78 is 21.9. The summed E-state index contributed by atoms with van der Waals surface area (Å²) >= 11 is 0. The van der Waals surface area contributed by atoms with Crippen LogP contribution >= 0.6 is 0 Å². The van der Waals surface area contributed by atoms with Crippen molar-refractivity contribution in [2.24, 2.45) is 5.41 Å². The molecule has 2 saturated heterocycles. The van der Waals surface area contributed by atoms with Crippen molar-refractivity contribution in [2.75, 3.05) is 47.5 Å². The lowest BCUT2D eigenvalue weighted by atomic mass is 9.77. The zero-order valence-electron chi connectivity index (χ0n) is 20.5. The quantitative estimate of drug-likeness (QED) is 0.563. The summed E-state index contributed by atoms with van der Waals surface area (Å²) in [5.74, 6) is 1.80. The van der Waals surface area contributed by atoms with Crippen LogP contribution in [0.25, 0.3) is 11.0 Å². The number of phenolic OH excluding ortho intramolecular Hbond substituents is 1. The third kappa shape index (κ3) is 4.38. The number of carbonyl (C=O) groups excluding carboxylic acids is 1. The van der Waals surface area contributed by atoms with Crippen molar-refractivity contribution in [2.45, 2.75) is 25.8 Å². The summed E-state index contributed by atoms with van der Waals surface area (Å²) in [5, 5.41) is 11.1. The number of ether oxygens (including phenoxy) is 3. The van der Waals surface area contributed by atoms with Gasteiger partial charge in [-0.15, -0.1) is 0 Å². The largest absolute Gasteiger partial charge is 0.502 e. The van der Waals surface area contributed by atoms with Gasteiger partial charge >= 0.3 is 0 Å². The molecule has 0 atom stereocenters. The smallest absolute Gasteiger partial charge is 0.289 e. The van der Waals surface area contributed by atoms with Gasteiger partial charge in [-0.25, -0.2) is 0 Å². The minimum atomic E-state index is -0.0590. The van der Waals surface area contributed by atoms with Crippen LogP contribution in [0.15, 0.2) is 40.8 Å². The monoisotopic (exact) mass is 480 g/mol. The Morgan fingerprint density at radius 3 is 2.29 bits per heavy atom. The van der Waals surface area contributed by atoms with Gasteiger partial charge in [0.2, 0.25) is 5.75 Å². The highest BCUT2D eigenvalue weighted by Crippen LogP contribution is 2.42. The average molecular weight is 481 g/mol. The first-order chi connectivity index (χ1) is 16.9. The lowest BCUT2D eigenvalue weighted by molar-refractivity contribution is 0.0560. The van der Waals surface area contributed by atoms with Crippen molar-refractivity contribution >= 4 is 16.9 Å². The van der Waals surface area contributed by atoms with Gasteiger partial charge in [-0.3, -0.25) is 9.69 Å². The number of amides is 1. The first kappa shape index (κ1) is 23.4. The van der Waals surface area contributed by atoms with Gasteiger partial charge in [-0.05, 0) is 61.1 Å². The molecule has 3 heterocycles. The maximum absolute atomic E-state index is 13.2. The number of methoxy groups -OCH3 is 3. The number of fused-ring (bicyclic) bond motifs is 1. The van der Waals surface area contributed by atoms with Crippen molar-refractivity contribution in [3.05, 3.63) is 47.7 Å². The second kappa shape index (κ2) is 9.34. The molecule has 2 aliphatic rings. The molecule has 2 fully saturated rings. The third-order valence-electron chi connectivity index (χ3n) is 7.51. The second-order valence-corrected chi connectivity index (χ2v) is 9.59. The number of hydrogen-bond acceptors (Lipinski definition) is 7. The number of phenols is 1. The second-order valence-electron chi connectivity index (χ2n) is 9.59. The standard InChI is InChI=1S/C27H32N2O6/c1-32-20-6-4-5-19-15-23(35-25(19)20)26(31)29-11-8-27(9-12-29)7-10-28(17-27)16-18-13-21(33-2)24(30)22(14-18)34-3/h4-6,13-15,30H,7-12,16-17H2,1-3H3. The van der Waals surface area contributed by atoms with Crippen molar-refractivity contribution < 1.29 is 28.5 Å². The summed E-state index contributed by atoms with van der Waals surface area (Å²) in [6.07, 6.45) is 3.06. The molecular weight excluding hydrogens is 448 g/mol. The predicted molar refractivity (Wildman–Crippen MR) is 131 cm³/mol.